The lowest BCUT2D eigenvalue weighted by atomic mass is 10.2. The Bertz CT molecular complexity index is 421. The third-order valence-corrected chi connectivity index (χ3v) is 2.11. The van der Waals surface area contributed by atoms with E-state index < -0.39 is 0 Å². The van der Waals surface area contributed by atoms with Crippen LogP contribution in [0.15, 0.2) is 42.1 Å². The molecule has 3 nitrogen and oxygen atoms in total. The molecule has 3 heteroatoms. The Labute approximate surface area is 95.9 Å². The monoisotopic (exact) mass is 216 g/mol. The summed E-state index contributed by atoms with van der Waals surface area (Å²) < 4.78 is 0. The molecule has 0 bridgehead atoms. The van der Waals surface area contributed by atoms with E-state index in [1.54, 1.807) is 17.9 Å². The van der Waals surface area contributed by atoms with Crippen LogP contribution in [0.1, 0.15) is 20.8 Å². The second-order valence-corrected chi connectivity index (χ2v) is 3.66. The van der Waals surface area contributed by atoms with Gasteiger partial charge in [0.1, 0.15) is 0 Å². The molecule has 1 amide bonds. The van der Waals surface area contributed by atoms with Gasteiger partial charge < -0.3 is 5.41 Å². The van der Waals surface area contributed by atoms with Crippen LogP contribution in [-0.2, 0) is 4.79 Å². The van der Waals surface area contributed by atoms with Crippen molar-refractivity contribution in [1.82, 2.24) is 0 Å². The average Bonchev–Trinajstić information content (AvgIpc) is 2.17. The molecule has 1 aromatic rings. The Morgan fingerprint density at radius 2 is 1.75 bits per heavy atom. The highest BCUT2D eigenvalue weighted by Gasteiger charge is 2.12. The van der Waals surface area contributed by atoms with Crippen molar-refractivity contribution in [3.05, 3.63) is 42.1 Å². The summed E-state index contributed by atoms with van der Waals surface area (Å²) in [5.41, 5.74) is 2.01. The first-order chi connectivity index (χ1) is 7.52. The molecular formula is C13H16N2O. The number of anilines is 1. The highest BCUT2D eigenvalue weighted by atomic mass is 16.2. The summed E-state index contributed by atoms with van der Waals surface area (Å²) in [6.45, 7) is 5.03. The van der Waals surface area contributed by atoms with E-state index in [1.807, 2.05) is 37.3 Å². The minimum absolute atomic E-state index is 0.0544. The summed E-state index contributed by atoms with van der Waals surface area (Å²) in [5.74, 6) is -0.0544. The van der Waals surface area contributed by atoms with Crippen LogP contribution in [0.3, 0.4) is 0 Å². The van der Waals surface area contributed by atoms with Crippen LogP contribution in [0.5, 0.6) is 0 Å². The number of carbonyl (C=O) groups excluding carboxylic acids is 1. The standard InChI is InChI=1S/C13H16N2O/c1-10(14)9-11(2)15(12(3)16)13-7-5-4-6-8-13/h4-9,14H,1-3H3/b11-9-,14-10?. The first-order valence-corrected chi connectivity index (χ1v) is 5.11. The molecule has 0 saturated carbocycles. The van der Waals surface area contributed by atoms with Crippen molar-refractivity contribution in [3.63, 3.8) is 0 Å². The number of allylic oxidation sites excluding steroid dienone is 2. The summed E-state index contributed by atoms with van der Waals surface area (Å²) >= 11 is 0. The summed E-state index contributed by atoms with van der Waals surface area (Å²) in [5, 5.41) is 7.41. The normalized spacial score (nSPS) is 11.1. The van der Waals surface area contributed by atoms with E-state index in [1.165, 1.54) is 6.92 Å². The van der Waals surface area contributed by atoms with Gasteiger partial charge in [0.05, 0.1) is 0 Å². The lowest BCUT2D eigenvalue weighted by Gasteiger charge is -2.21. The quantitative estimate of drug-likeness (QED) is 0.775. The van der Waals surface area contributed by atoms with Gasteiger partial charge in [-0.25, -0.2) is 0 Å². The molecule has 0 aliphatic carbocycles. The Morgan fingerprint density at radius 3 is 2.19 bits per heavy atom. The summed E-state index contributed by atoms with van der Waals surface area (Å²) in [7, 11) is 0. The van der Waals surface area contributed by atoms with Gasteiger partial charge in [-0.15, -0.1) is 0 Å². The Kier molecular flexibility index (Phi) is 4.00. The zero-order chi connectivity index (χ0) is 12.1. The second-order valence-electron chi connectivity index (χ2n) is 3.66. The molecular weight excluding hydrogens is 200 g/mol. The fourth-order valence-electron chi connectivity index (χ4n) is 1.59. The number of carbonyl (C=O) groups is 1. The highest BCUT2D eigenvalue weighted by Crippen LogP contribution is 2.18. The maximum Gasteiger partial charge on any atom is 0.228 e. The van der Waals surface area contributed by atoms with Gasteiger partial charge in [0, 0.05) is 24.0 Å². The Hall–Kier alpha value is -1.90. The smallest absolute Gasteiger partial charge is 0.228 e. The van der Waals surface area contributed by atoms with Crippen LogP contribution in [-0.4, -0.2) is 11.6 Å². The molecule has 1 N–H and O–H groups in total. The zero-order valence-electron chi connectivity index (χ0n) is 9.82. The molecule has 0 aliphatic heterocycles. The second kappa shape index (κ2) is 5.26. The Morgan fingerprint density at radius 1 is 1.19 bits per heavy atom. The number of nitrogens with zero attached hydrogens (tertiary/aromatic N) is 1. The molecule has 0 unspecified atom stereocenters. The number of nitrogens with one attached hydrogen (secondary N) is 1. The molecule has 0 spiro atoms. The number of amides is 1. The van der Waals surface area contributed by atoms with Crippen molar-refractivity contribution in [2.75, 3.05) is 4.90 Å². The molecule has 0 aliphatic rings. The molecule has 0 aromatic heterocycles. The number of rotatable bonds is 3. The van der Waals surface area contributed by atoms with Crippen molar-refractivity contribution in [2.24, 2.45) is 0 Å². The van der Waals surface area contributed by atoms with Gasteiger partial charge in [0.15, 0.2) is 0 Å². The maximum absolute atomic E-state index is 11.6. The van der Waals surface area contributed by atoms with Gasteiger partial charge in [-0.1, -0.05) is 18.2 Å². The van der Waals surface area contributed by atoms with Crippen LogP contribution in [0.25, 0.3) is 0 Å². The lowest BCUT2D eigenvalue weighted by Crippen LogP contribution is -2.26. The molecule has 84 valence electrons. The fraction of sp³-hybridized carbons (Fsp3) is 0.231. The van der Waals surface area contributed by atoms with E-state index in [9.17, 15) is 4.79 Å². The fourth-order valence-corrected chi connectivity index (χ4v) is 1.59. The van der Waals surface area contributed by atoms with Crippen molar-refractivity contribution < 1.29 is 4.79 Å². The average molecular weight is 216 g/mol. The summed E-state index contributed by atoms with van der Waals surface area (Å²) in [4.78, 5) is 13.2. The molecule has 0 heterocycles. The van der Waals surface area contributed by atoms with Crippen molar-refractivity contribution in [2.45, 2.75) is 20.8 Å². The van der Waals surface area contributed by atoms with Gasteiger partial charge in [0.25, 0.3) is 0 Å². The number of hydrogen-bond acceptors (Lipinski definition) is 2. The molecule has 1 rings (SSSR count). The van der Waals surface area contributed by atoms with Crippen LogP contribution in [0, 0.1) is 5.41 Å². The van der Waals surface area contributed by atoms with E-state index in [0.717, 1.165) is 11.4 Å². The van der Waals surface area contributed by atoms with E-state index >= 15 is 0 Å². The van der Waals surface area contributed by atoms with Crippen molar-refractivity contribution in [3.8, 4) is 0 Å². The van der Waals surface area contributed by atoms with Crippen LogP contribution in [0.2, 0.25) is 0 Å². The van der Waals surface area contributed by atoms with E-state index in [-0.39, 0.29) is 5.91 Å². The first kappa shape index (κ1) is 12.2. The molecule has 0 atom stereocenters. The summed E-state index contributed by atoms with van der Waals surface area (Å²) in [6, 6.07) is 9.42. The SMILES string of the molecule is CC(=N)/C=C(/C)N(C(C)=O)c1ccccc1. The van der Waals surface area contributed by atoms with E-state index in [4.69, 9.17) is 5.41 Å². The van der Waals surface area contributed by atoms with Gasteiger partial charge in [-0.3, -0.25) is 9.69 Å². The third-order valence-electron chi connectivity index (χ3n) is 2.11. The van der Waals surface area contributed by atoms with Crippen molar-refractivity contribution >= 4 is 17.3 Å². The predicted octanol–water partition coefficient (Wildman–Crippen LogP) is 2.98. The van der Waals surface area contributed by atoms with E-state index in [2.05, 4.69) is 0 Å². The highest BCUT2D eigenvalue weighted by molar-refractivity contribution is 5.98. The molecule has 0 fully saturated rings. The molecule has 0 radical (unpaired) electrons. The van der Waals surface area contributed by atoms with Gasteiger partial charge in [0.2, 0.25) is 5.91 Å². The van der Waals surface area contributed by atoms with Crippen molar-refractivity contribution in [1.29, 1.82) is 5.41 Å². The van der Waals surface area contributed by atoms with Gasteiger partial charge >= 0.3 is 0 Å². The lowest BCUT2D eigenvalue weighted by molar-refractivity contribution is -0.116. The van der Waals surface area contributed by atoms with Crippen LogP contribution >= 0.6 is 0 Å². The van der Waals surface area contributed by atoms with Crippen LogP contribution in [0.4, 0.5) is 5.69 Å². The van der Waals surface area contributed by atoms with E-state index in [0.29, 0.717) is 5.71 Å². The third kappa shape index (κ3) is 3.05. The van der Waals surface area contributed by atoms with Crippen LogP contribution < -0.4 is 4.90 Å². The number of hydrogen-bond donors (Lipinski definition) is 1. The van der Waals surface area contributed by atoms with Gasteiger partial charge in [-0.05, 0) is 32.1 Å². The number of para-hydroxylation sites is 1. The largest absolute Gasteiger partial charge is 0.306 e. The topological polar surface area (TPSA) is 44.2 Å². The maximum atomic E-state index is 11.6. The molecule has 1 aromatic carbocycles. The number of benzene rings is 1. The zero-order valence-corrected chi connectivity index (χ0v) is 9.82. The van der Waals surface area contributed by atoms with Gasteiger partial charge in [-0.2, -0.15) is 0 Å². The minimum Gasteiger partial charge on any atom is -0.306 e. The first-order valence-electron chi connectivity index (χ1n) is 5.11. The Balaban J connectivity index is 3.11. The predicted molar refractivity (Wildman–Crippen MR) is 66.8 cm³/mol. The minimum atomic E-state index is -0.0544. The molecule has 16 heavy (non-hydrogen) atoms. The summed E-state index contributed by atoms with van der Waals surface area (Å²) in [6.07, 6.45) is 1.67. The molecule has 0 saturated heterocycles.